The second kappa shape index (κ2) is 5.59. The molecule has 8 heteroatoms. The molecule has 0 bridgehead atoms. The second-order valence-electron chi connectivity index (χ2n) is 4.28. The van der Waals surface area contributed by atoms with Crippen LogP contribution in [-0.2, 0) is 6.54 Å². The van der Waals surface area contributed by atoms with Crippen LogP contribution < -0.4 is 16.8 Å². The molecule has 3 N–H and O–H groups in total. The fraction of sp³-hybridized carbons (Fsp3) is 0.250. The van der Waals surface area contributed by atoms with Gasteiger partial charge in [0.1, 0.15) is 10.2 Å². The summed E-state index contributed by atoms with van der Waals surface area (Å²) < 4.78 is 7.20. The third-order valence-corrected chi connectivity index (χ3v) is 3.70. The molecule has 0 aliphatic heterocycles. The van der Waals surface area contributed by atoms with E-state index < -0.39 is 5.91 Å². The van der Waals surface area contributed by atoms with Gasteiger partial charge in [-0.05, 0) is 35.8 Å². The first-order valence-corrected chi connectivity index (χ1v) is 6.55. The van der Waals surface area contributed by atoms with E-state index in [-0.39, 0.29) is 17.9 Å². The third-order valence-electron chi connectivity index (χ3n) is 2.79. The number of nitrogens with zero attached hydrogens (tertiary/aromatic N) is 2. The summed E-state index contributed by atoms with van der Waals surface area (Å²) in [5, 5.41) is 0. The molecule has 20 heavy (non-hydrogen) atoms. The first kappa shape index (κ1) is 14.5. The number of furan rings is 1. The van der Waals surface area contributed by atoms with Gasteiger partial charge in [-0.1, -0.05) is 0 Å². The van der Waals surface area contributed by atoms with Crippen molar-refractivity contribution in [1.82, 2.24) is 15.0 Å². The maximum absolute atomic E-state index is 12.0. The van der Waals surface area contributed by atoms with Gasteiger partial charge in [0.25, 0.3) is 5.56 Å². The predicted molar refractivity (Wildman–Crippen MR) is 75.1 cm³/mol. The molecule has 0 aliphatic carbocycles. The number of aryl methyl sites for hydroxylation is 2. The van der Waals surface area contributed by atoms with Gasteiger partial charge in [0, 0.05) is 5.56 Å². The molecule has 1 amide bonds. The first-order chi connectivity index (χ1) is 9.43. The van der Waals surface area contributed by atoms with Gasteiger partial charge in [0.2, 0.25) is 0 Å². The second-order valence-corrected chi connectivity index (χ2v) is 5.07. The van der Waals surface area contributed by atoms with Crippen LogP contribution >= 0.6 is 15.9 Å². The van der Waals surface area contributed by atoms with Gasteiger partial charge >= 0.3 is 5.91 Å². The summed E-state index contributed by atoms with van der Waals surface area (Å²) >= 11 is 3.19. The van der Waals surface area contributed by atoms with Crippen LogP contribution in [0.3, 0.4) is 0 Å². The summed E-state index contributed by atoms with van der Waals surface area (Å²) in [5.41, 5.74) is 3.06. The highest BCUT2D eigenvalue weighted by Gasteiger charge is 2.15. The van der Waals surface area contributed by atoms with Crippen molar-refractivity contribution in [3.8, 4) is 0 Å². The maximum atomic E-state index is 12.0. The van der Waals surface area contributed by atoms with Crippen LogP contribution in [0.5, 0.6) is 0 Å². The molecule has 2 aromatic heterocycles. The van der Waals surface area contributed by atoms with Crippen molar-refractivity contribution in [3.05, 3.63) is 50.0 Å². The molecule has 0 saturated heterocycles. The molecule has 0 radical (unpaired) electrons. The average molecular weight is 341 g/mol. The first-order valence-electron chi connectivity index (χ1n) is 5.75. The summed E-state index contributed by atoms with van der Waals surface area (Å²) in [6.07, 6.45) is 1.43. The predicted octanol–water partition coefficient (Wildman–Crippen LogP) is 0.867. The zero-order valence-electron chi connectivity index (χ0n) is 10.9. The SMILES string of the molecule is Cc1cc(Cn2cnc(C)c(Br)c2=O)oc1C(=O)NN. The molecule has 0 aliphatic rings. The number of hydrazine groups is 1. The molecule has 0 saturated carbocycles. The number of carbonyl (C=O) groups is 1. The van der Waals surface area contributed by atoms with Gasteiger partial charge in [-0.3, -0.25) is 19.6 Å². The highest BCUT2D eigenvalue weighted by molar-refractivity contribution is 9.10. The van der Waals surface area contributed by atoms with Crippen LogP contribution in [-0.4, -0.2) is 15.5 Å². The topological polar surface area (TPSA) is 103 Å². The number of nitrogens with one attached hydrogen (secondary N) is 1. The van der Waals surface area contributed by atoms with Crippen molar-refractivity contribution < 1.29 is 9.21 Å². The Hall–Kier alpha value is -1.93. The van der Waals surface area contributed by atoms with Crippen LogP contribution in [0.1, 0.15) is 27.6 Å². The van der Waals surface area contributed by atoms with Crippen molar-refractivity contribution in [3.63, 3.8) is 0 Å². The lowest BCUT2D eigenvalue weighted by atomic mass is 10.2. The molecule has 7 nitrogen and oxygen atoms in total. The fourth-order valence-corrected chi connectivity index (χ4v) is 2.07. The molecular formula is C12H13BrN4O3. The van der Waals surface area contributed by atoms with Crippen molar-refractivity contribution in [2.24, 2.45) is 5.84 Å². The summed E-state index contributed by atoms with van der Waals surface area (Å²) in [6, 6.07) is 1.69. The molecular weight excluding hydrogens is 328 g/mol. The van der Waals surface area contributed by atoms with Crippen molar-refractivity contribution in [2.45, 2.75) is 20.4 Å². The Labute approximate surface area is 122 Å². The molecule has 0 atom stereocenters. The molecule has 2 heterocycles. The Morgan fingerprint density at radius 1 is 1.55 bits per heavy atom. The normalized spacial score (nSPS) is 10.6. The molecule has 0 aromatic carbocycles. The lowest BCUT2D eigenvalue weighted by molar-refractivity contribution is 0.0923. The summed E-state index contributed by atoms with van der Waals surface area (Å²) in [6.45, 7) is 3.64. The van der Waals surface area contributed by atoms with Gasteiger partial charge < -0.3 is 4.42 Å². The fourth-order valence-electron chi connectivity index (χ4n) is 1.74. The molecule has 2 rings (SSSR count). The summed E-state index contributed by atoms with van der Waals surface area (Å²) in [5.74, 6) is 5.16. The number of carbonyl (C=O) groups excluding carboxylic acids is 1. The van der Waals surface area contributed by atoms with Gasteiger partial charge in [-0.25, -0.2) is 10.8 Å². The lowest BCUT2D eigenvalue weighted by Crippen LogP contribution is -2.30. The van der Waals surface area contributed by atoms with E-state index in [0.29, 0.717) is 21.5 Å². The maximum Gasteiger partial charge on any atom is 0.301 e. The number of rotatable bonds is 3. The zero-order chi connectivity index (χ0) is 14.9. The van der Waals surface area contributed by atoms with Gasteiger partial charge in [0.15, 0.2) is 5.76 Å². The van der Waals surface area contributed by atoms with Crippen LogP contribution in [0.4, 0.5) is 0 Å². The van der Waals surface area contributed by atoms with E-state index in [1.54, 1.807) is 19.9 Å². The van der Waals surface area contributed by atoms with Crippen LogP contribution in [0.25, 0.3) is 0 Å². The number of nitrogen functional groups attached to an aromatic ring is 1. The molecule has 0 fully saturated rings. The lowest BCUT2D eigenvalue weighted by Gasteiger charge is -2.04. The van der Waals surface area contributed by atoms with E-state index in [9.17, 15) is 9.59 Å². The Morgan fingerprint density at radius 2 is 2.25 bits per heavy atom. The van der Waals surface area contributed by atoms with E-state index in [1.165, 1.54) is 10.9 Å². The van der Waals surface area contributed by atoms with Crippen molar-refractivity contribution in [2.75, 3.05) is 0 Å². The minimum absolute atomic E-state index is 0.134. The largest absolute Gasteiger partial charge is 0.454 e. The van der Waals surface area contributed by atoms with Crippen molar-refractivity contribution in [1.29, 1.82) is 0 Å². The van der Waals surface area contributed by atoms with E-state index in [1.807, 2.05) is 5.43 Å². The highest BCUT2D eigenvalue weighted by Crippen LogP contribution is 2.15. The Bertz CT molecular complexity index is 720. The van der Waals surface area contributed by atoms with E-state index in [4.69, 9.17) is 10.3 Å². The minimum Gasteiger partial charge on any atom is -0.454 e. The standard InChI is InChI=1S/C12H13BrN4O3/c1-6-3-8(20-10(6)11(18)16-14)4-17-5-15-7(2)9(13)12(17)19/h3,5H,4,14H2,1-2H3,(H,16,18). The number of hydrogen-bond acceptors (Lipinski definition) is 5. The van der Waals surface area contributed by atoms with E-state index in [0.717, 1.165) is 0 Å². The number of amides is 1. The number of nitrogens with two attached hydrogens (primary N) is 1. The minimum atomic E-state index is -0.510. The van der Waals surface area contributed by atoms with Gasteiger partial charge in [0.05, 0.1) is 18.6 Å². The van der Waals surface area contributed by atoms with Gasteiger partial charge in [-0.15, -0.1) is 0 Å². The Kier molecular flexibility index (Phi) is 4.05. The van der Waals surface area contributed by atoms with Crippen LogP contribution in [0.2, 0.25) is 0 Å². The number of halogens is 1. The Morgan fingerprint density at radius 3 is 2.90 bits per heavy atom. The van der Waals surface area contributed by atoms with Crippen LogP contribution in [0.15, 0.2) is 26.1 Å². The molecule has 106 valence electrons. The average Bonchev–Trinajstić information content (AvgIpc) is 2.79. The van der Waals surface area contributed by atoms with Crippen LogP contribution in [0, 0.1) is 13.8 Å². The summed E-state index contributed by atoms with van der Waals surface area (Å²) in [7, 11) is 0. The number of aromatic nitrogens is 2. The van der Waals surface area contributed by atoms with E-state index in [2.05, 4.69) is 20.9 Å². The quantitative estimate of drug-likeness (QED) is 0.490. The Balaban J connectivity index is 2.34. The number of hydrogen-bond donors (Lipinski definition) is 2. The van der Waals surface area contributed by atoms with Gasteiger partial charge in [-0.2, -0.15) is 0 Å². The monoisotopic (exact) mass is 340 g/mol. The zero-order valence-corrected chi connectivity index (χ0v) is 12.5. The third kappa shape index (κ3) is 2.66. The molecule has 0 unspecified atom stereocenters. The molecule has 0 spiro atoms. The van der Waals surface area contributed by atoms with Crippen molar-refractivity contribution >= 4 is 21.8 Å². The highest BCUT2D eigenvalue weighted by atomic mass is 79.9. The van der Waals surface area contributed by atoms with E-state index >= 15 is 0 Å². The smallest absolute Gasteiger partial charge is 0.301 e. The molecule has 2 aromatic rings. The summed E-state index contributed by atoms with van der Waals surface area (Å²) in [4.78, 5) is 27.5.